The molecule has 0 atom stereocenters. The van der Waals surface area contributed by atoms with Gasteiger partial charge < -0.3 is 11.5 Å². The molecule has 0 unspecified atom stereocenters. The van der Waals surface area contributed by atoms with Crippen LogP contribution in [0.15, 0.2) is 60.7 Å². The molecule has 0 spiro atoms. The maximum absolute atomic E-state index is 6.09. The molecule has 0 bridgehead atoms. The van der Waals surface area contributed by atoms with Crippen LogP contribution in [-0.2, 0) is 0 Å². The second-order valence-electron chi connectivity index (χ2n) is 5.39. The molecule has 3 aromatic carbocycles. The Kier molecular flexibility index (Phi) is 3.78. The summed E-state index contributed by atoms with van der Waals surface area (Å²) in [6.45, 7) is 2.02. The molecule has 0 saturated heterocycles. The number of nitrogens with two attached hydrogens (primary N) is 2. The van der Waals surface area contributed by atoms with Gasteiger partial charge in [0.25, 0.3) is 0 Å². The van der Waals surface area contributed by atoms with Gasteiger partial charge in [0.1, 0.15) is 0 Å². The van der Waals surface area contributed by atoms with Gasteiger partial charge in [-0.3, -0.25) is 0 Å². The molecule has 4 N–H and O–H groups in total. The fourth-order valence-corrected chi connectivity index (χ4v) is 2.60. The smallest absolute Gasteiger partial charge is 0.0641 e. The number of halogens is 1. The Bertz CT molecular complexity index is 753. The molecule has 0 fully saturated rings. The topological polar surface area (TPSA) is 52.0 Å². The van der Waals surface area contributed by atoms with Crippen LogP contribution in [0.25, 0.3) is 22.3 Å². The van der Waals surface area contributed by atoms with Crippen LogP contribution in [0.4, 0.5) is 11.4 Å². The van der Waals surface area contributed by atoms with Crippen LogP contribution in [0.3, 0.4) is 0 Å². The predicted molar refractivity (Wildman–Crippen MR) is 95.9 cm³/mol. The van der Waals surface area contributed by atoms with Crippen LogP contribution in [-0.4, -0.2) is 0 Å². The maximum atomic E-state index is 6.09. The van der Waals surface area contributed by atoms with Gasteiger partial charge in [-0.1, -0.05) is 48.0 Å². The van der Waals surface area contributed by atoms with Gasteiger partial charge in [-0.2, -0.15) is 0 Å². The largest absolute Gasteiger partial charge is 0.399 e. The van der Waals surface area contributed by atoms with E-state index in [0.717, 1.165) is 33.5 Å². The first-order valence-electron chi connectivity index (χ1n) is 7.06. The number of hydrogen-bond acceptors (Lipinski definition) is 2. The van der Waals surface area contributed by atoms with Crippen LogP contribution >= 0.6 is 11.6 Å². The van der Waals surface area contributed by atoms with Crippen molar-refractivity contribution in [1.29, 1.82) is 0 Å². The Balaban J connectivity index is 1.95. The summed E-state index contributed by atoms with van der Waals surface area (Å²) in [5.41, 5.74) is 18.6. The van der Waals surface area contributed by atoms with Crippen molar-refractivity contribution in [3.05, 3.63) is 71.2 Å². The van der Waals surface area contributed by atoms with E-state index in [-0.39, 0.29) is 0 Å². The number of anilines is 2. The Labute approximate surface area is 135 Å². The lowest BCUT2D eigenvalue weighted by Crippen LogP contribution is -1.89. The molecule has 0 aliphatic heterocycles. The number of benzene rings is 3. The van der Waals surface area contributed by atoms with Crippen LogP contribution < -0.4 is 11.5 Å². The Morgan fingerprint density at radius 2 is 1.09 bits per heavy atom. The summed E-state index contributed by atoms with van der Waals surface area (Å²) in [7, 11) is 0. The van der Waals surface area contributed by atoms with E-state index < -0.39 is 0 Å². The number of nitrogen functional groups attached to an aromatic ring is 2. The minimum atomic E-state index is 0.579. The minimum absolute atomic E-state index is 0.579. The highest BCUT2D eigenvalue weighted by Crippen LogP contribution is 2.29. The van der Waals surface area contributed by atoms with Crippen molar-refractivity contribution in [2.45, 2.75) is 6.92 Å². The lowest BCUT2D eigenvalue weighted by Gasteiger charge is -2.08. The molecule has 0 amide bonds. The number of hydrogen-bond donors (Lipinski definition) is 2. The summed E-state index contributed by atoms with van der Waals surface area (Å²) in [5, 5.41) is 0.579. The van der Waals surface area contributed by atoms with Crippen LogP contribution in [0.1, 0.15) is 5.56 Å². The summed E-state index contributed by atoms with van der Waals surface area (Å²) in [4.78, 5) is 0. The zero-order chi connectivity index (χ0) is 15.7. The van der Waals surface area contributed by atoms with Gasteiger partial charge in [-0.25, -0.2) is 0 Å². The third-order valence-electron chi connectivity index (χ3n) is 3.82. The second-order valence-corrected chi connectivity index (χ2v) is 5.79. The molecule has 0 aromatic heterocycles. The van der Waals surface area contributed by atoms with Gasteiger partial charge in [0.15, 0.2) is 0 Å². The molecule has 0 aliphatic carbocycles. The molecule has 0 aliphatic rings. The van der Waals surface area contributed by atoms with Gasteiger partial charge in [0.05, 0.1) is 10.7 Å². The van der Waals surface area contributed by atoms with Crippen molar-refractivity contribution >= 4 is 23.0 Å². The molecule has 0 heterocycles. The van der Waals surface area contributed by atoms with E-state index in [0.29, 0.717) is 10.7 Å². The van der Waals surface area contributed by atoms with Crippen LogP contribution in [0.2, 0.25) is 5.02 Å². The van der Waals surface area contributed by atoms with Crippen molar-refractivity contribution < 1.29 is 0 Å². The third-order valence-corrected chi connectivity index (χ3v) is 4.15. The first-order valence-corrected chi connectivity index (χ1v) is 7.44. The van der Waals surface area contributed by atoms with Crippen LogP contribution in [0, 0.1) is 6.92 Å². The quantitative estimate of drug-likeness (QED) is 0.643. The summed E-state index contributed by atoms with van der Waals surface area (Å²) >= 11 is 6.09. The fraction of sp³-hybridized carbons (Fsp3) is 0.0526. The molecule has 2 nitrogen and oxygen atoms in total. The third kappa shape index (κ3) is 2.78. The Morgan fingerprint density at radius 3 is 1.59 bits per heavy atom. The van der Waals surface area contributed by atoms with Crippen molar-refractivity contribution in [1.82, 2.24) is 0 Å². The summed E-state index contributed by atoms with van der Waals surface area (Å²) in [5.74, 6) is 0. The van der Waals surface area contributed by atoms with E-state index >= 15 is 0 Å². The monoisotopic (exact) mass is 308 g/mol. The highest BCUT2D eigenvalue weighted by Gasteiger charge is 2.04. The van der Waals surface area contributed by atoms with E-state index in [4.69, 9.17) is 23.1 Å². The molecule has 0 saturated carbocycles. The fourth-order valence-electron chi connectivity index (χ4n) is 2.42. The molecular weight excluding hydrogens is 292 g/mol. The van der Waals surface area contributed by atoms with Gasteiger partial charge in [0, 0.05) is 5.69 Å². The molecular formula is C19H17ClN2. The van der Waals surface area contributed by atoms with E-state index in [1.807, 2.05) is 37.3 Å². The van der Waals surface area contributed by atoms with Crippen molar-refractivity contribution in [3.63, 3.8) is 0 Å². The lowest BCUT2D eigenvalue weighted by molar-refractivity contribution is 1.46. The zero-order valence-corrected chi connectivity index (χ0v) is 13.1. The lowest BCUT2D eigenvalue weighted by atomic mass is 9.99. The highest BCUT2D eigenvalue weighted by molar-refractivity contribution is 6.33. The van der Waals surface area contributed by atoms with Crippen LogP contribution in [0.5, 0.6) is 0 Å². The Morgan fingerprint density at radius 1 is 0.636 bits per heavy atom. The van der Waals surface area contributed by atoms with Gasteiger partial charge in [0.2, 0.25) is 0 Å². The number of rotatable bonds is 2. The zero-order valence-electron chi connectivity index (χ0n) is 12.3. The SMILES string of the molecule is Cc1cc(-c2ccc(-c3ccc(N)c(Cl)c3)cc2)ccc1N. The van der Waals surface area contributed by atoms with Gasteiger partial charge in [-0.05, 0) is 59.0 Å². The van der Waals surface area contributed by atoms with Crippen molar-refractivity contribution in [2.75, 3.05) is 11.5 Å². The molecule has 3 aromatic rings. The first kappa shape index (κ1) is 14.5. The molecule has 0 radical (unpaired) electrons. The average molecular weight is 309 g/mol. The van der Waals surface area contributed by atoms with Gasteiger partial charge >= 0.3 is 0 Å². The van der Waals surface area contributed by atoms with E-state index in [2.05, 4.69) is 30.3 Å². The molecule has 110 valence electrons. The normalized spacial score (nSPS) is 10.6. The molecule has 3 heteroatoms. The highest BCUT2D eigenvalue weighted by atomic mass is 35.5. The van der Waals surface area contributed by atoms with Gasteiger partial charge in [-0.15, -0.1) is 0 Å². The second kappa shape index (κ2) is 5.74. The van der Waals surface area contributed by atoms with E-state index in [1.54, 1.807) is 0 Å². The van der Waals surface area contributed by atoms with Crippen molar-refractivity contribution in [2.24, 2.45) is 0 Å². The average Bonchev–Trinajstić information content (AvgIpc) is 2.53. The van der Waals surface area contributed by atoms with Crippen molar-refractivity contribution in [3.8, 4) is 22.3 Å². The summed E-state index contributed by atoms with van der Waals surface area (Å²) < 4.78 is 0. The first-order chi connectivity index (χ1) is 10.5. The summed E-state index contributed by atoms with van der Waals surface area (Å²) in [6, 6.07) is 20.2. The standard InChI is InChI=1S/C19H17ClN2/c1-12-10-15(6-8-18(12)21)13-2-4-14(5-3-13)16-7-9-19(22)17(20)11-16/h2-11H,21-22H2,1H3. The van der Waals surface area contributed by atoms with E-state index in [9.17, 15) is 0 Å². The summed E-state index contributed by atoms with van der Waals surface area (Å²) in [6.07, 6.45) is 0. The Hall–Kier alpha value is -2.45. The molecule has 22 heavy (non-hydrogen) atoms. The van der Waals surface area contributed by atoms with E-state index in [1.165, 1.54) is 0 Å². The number of aryl methyl sites for hydroxylation is 1. The molecule has 3 rings (SSSR count). The minimum Gasteiger partial charge on any atom is -0.399 e. The maximum Gasteiger partial charge on any atom is 0.0641 e. The predicted octanol–water partition coefficient (Wildman–Crippen LogP) is 5.15.